The van der Waals surface area contributed by atoms with Crippen LogP contribution in [0.2, 0.25) is 0 Å². The summed E-state index contributed by atoms with van der Waals surface area (Å²) in [6.45, 7) is 0.279. The van der Waals surface area contributed by atoms with Crippen molar-refractivity contribution in [1.82, 2.24) is 4.90 Å². The first kappa shape index (κ1) is 12.4. The molecule has 0 atom stereocenters. The van der Waals surface area contributed by atoms with E-state index >= 15 is 0 Å². The van der Waals surface area contributed by atoms with Crippen molar-refractivity contribution >= 4 is 22.5 Å². The number of carbonyl (C=O) groups is 1. The number of nitrogens with one attached hydrogen (secondary N) is 1. The molecule has 0 aromatic heterocycles. The van der Waals surface area contributed by atoms with Crippen molar-refractivity contribution in [1.29, 1.82) is 0 Å². The number of hydrogen-bond donors (Lipinski definition) is 2. The molecule has 0 aliphatic carbocycles. The number of benzene rings is 2. The third-order valence-electron chi connectivity index (χ3n) is 2.78. The maximum atomic E-state index is 11.7. The molecule has 0 saturated heterocycles. The number of fused-ring (bicyclic) bond motifs is 1. The van der Waals surface area contributed by atoms with Crippen LogP contribution in [0.4, 0.5) is 10.5 Å². The van der Waals surface area contributed by atoms with E-state index in [9.17, 15) is 4.79 Å². The molecule has 2 rings (SSSR count). The van der Waals surface area contributed by atoms with Gasteiger partial charge in [-0.05, 0) is 22.9 Å². The molecule has 0 bridgehead atoms. The van der Waals surface area contributed by atoms with E-state index in [1.165, 1.54) is 4.90 Å². The molecule has 94 valence electrons. The number of aliphatic hydroxyl groups is 1. The summed E-state index contributed by atoms with van der Waals surface area (Å²) in [6.07, 6.45) is 0. The van der Waals surface area contributed by atoms with E-state index in [2.05, 4.69) is 5.32 Å². The predicted molar refractivity (Wildman–Crippen MR) is 72.7 cm³/mol. The Labute approximate surface area is 106 Å². The van der Waals surface area contributed by atoms with Gasteiger partial charge in [0.15, 0.2) is 0 Å². The van der Waals surface area contributed by atoms with Gasteiger partial charge in [-0.25, -0.2) is 4.79 Å². The van der Waals surface area contributed by atoms with Crippen LogP contribution in [-0.2, 0) is 0 Å². The zero-order valence-electron chi connectivity index (χ0n) is 10.3. The van der Waals surface area contributed by atoms with E-state index in [4.69, 9.17) is 5.11 Å². The molecule has 18 heavy (non-hydrogen) atoms. The van der Waals surface area contributed by atoms with Crippen molar-refractivity contribution < 1.29 is 9.90 Å². The minimum atomic E-state index is -0.223. The average molecular weight is 244 g/mol. The lowest BCUT2D eigenvalue weighted by Crippen LogP contribution is -2.33. The van der Waals surface area contributed by atoms with Gasteiger partial charge in [-0.1, -0.05) is 30.3 Å². The first-order valence-corrected chi connectivity index (χ1v) is 5.82. The fourth-order valence-electron chi connectivity index (χ4n) is 1.74. The predicted octanol–water partition coefficient (Wildman–Crippen LogP) is 2.30. The fourth-order valence-corrected chi connectivity index (χ4v) is 1.74. The molecule has 0 heterocycles. The van der Waals surface area contributed by atoms with Crippen molar-refractivity contribution in [3.63, 3.8) is 0 Å². The maximum absolute atomic E-state index is 11.7. The second-order valence-corrected chi connectivity index (χ2v) is 4.14. The normalized spacial score (nSPS) is 10.3. The third-order valence-corrected chi connectivity index (χ3v) is 2.78. The second kappa shape index (κ2) is 5.51. The highest BCUT2D eigenvalue weighted by atomic mass is 16.3. The number of urea groups is 1. The first-order valence-electron chi connectivity index (χ1n) is 5.82. The standard InChI is InChI=1S/C14H16N2O2/c1-16(8-9-17)14(18)15-13-7-6-11-4-2-3-5-12(11)10-13/h2-7,10,17H,8-9H2,1H3,(H,15,18). The molecule has 2 amide bonds. The summed E-state index contributed by atoms with van der Waals surface area (Å²) >= 11 is 0. The van der Waals surface area contributed by atoms with Crippen molar-refractivity contribution in [3.05, 3.63) is 42.5 Å². The van der Waals surface area contributed by atoms with Crippen molar-refractivity contribution in [2.75, 3.05) is 25.5 Å². The molecule has 0 aliphatic heterocycles. The quantitative estimate of drug-likeness (QED) is 0.870. The van der Waals surface area contributed by atoms with E-state index in [0.29, 0.717) is 6.54 Å². The molecule has 0 aliphatic rings. The highest BCUT2D eigenvalue weighted by Crippen LogP contribution is 2.18. The molecular weight excluding hydrogens is 228 g/mol. The molecule has 0 unspecified atom stereocenters. The van der Waals surface area contributed by atoms with Crippen molar-refractivity contribution in [3.8, 4) is 0 Å². The molecule has 0 fully saturated rings. The Balaban J connectivity index is 2.14. The van der Waals surface area contributed by atoms with Gasteiger partial charge in [-0.2, -0.15) is 0 Å². The summed E-state index contributed by atoms with van der Waals surface area (Å²) in [5, 5.41) is 13.8. The van der Waals surface area contributed by atoms with Gasteiger partial charge < -0.3 is 15.3 Å². The van der Waals surface area contributed by atoms with Crippen LogP contribution in [0.25, 0.3) is 10.8 Å². The van der Waals surface area contributed by atoms with Crippen LogP contribution in [0.1, 0.15) is 0 Å². The Bertz CT molecular complexity index is 554. The fraction of sp³-hybridized carbons (Fsp3) is 0.214. The minimum Gasteiger partial charge on any atom is -0.395 e. The Morgan fingerprint density at radius 2 is 1.94 bits per heavy atom. The molecular formula is C14H16N2O2. The van der Waals surface area contributed by atoms with Crippen LogP contribution in [0, 0.1) is 0 Å². The van der Waals surface area contributed by atoms with Gasteiger partial charge in [0.2, 0.25) is 0 Å². The van der Waals surface area contributed by atoms with Gasteiger partial charge >= 0.3 is 6.03 Å². The first-order chi connectivity index (χ1) is 8.70. The minimum absolute atomic E-state index is 0.0400. The number of aliphatic hydroxyl groups excluding tert-OH is 1. The third kappa shape index (κ3) is 2.78. The van der Waals surface area contributed by atoms with Gasteiger partial charge in [0, 0.05) is 19.3 Å². The van der Waals surface area contributed by atoms with Crippen LogP contribution in [0.3, 0.4) is 0 Å². The lowest BCUT2D eigenvalue weighted by Gasteiger charge is -2.16. The smallest absolute Gasteiger partial charge is 0.321 e. The van der Waals surface area contributed by atoms with Crippen LogP contribution >= 0.6 is 0 Å². The van der Waals surface area contributed by atoms with Crippen LogP contribution in [0.15, 0.2) is 42.5 Å². The summed E-state index contributed by atoms with van der Waals surface area (Å²) in [4.78, 5) is 13.2. The Morgan fingerprint density at radius 1 is 1.22 bits per heavy atom. The molecule has 2 N–H and O–H groups in total. The summed E-state index contributed by atoms with van der Waals surface area (Å²) in [6, 6.07) is 13.5. The van der Waals surface area contributed by atoms with E-state index in [1.807, 2.05) is 42.5 Å². The summed E-state index contributed by atoms with van der Waals surface area (Å²) in [7, 11) is 1.65. The molecule has 2 aromatic carbocycles. The SMILES string of the molecule is CN(CCO)C(=O)Nc1ccc2ccccc2c1. The lowest BCUT2D eigenvalue weighted by atomic mass is 10.1. The Hall–Kier alpha value is -2.07. The molecule has 4 nitrogen and oxygen atoms in total. The number of amides is 2. The molecule has 0 radical (unpaired) electrons. The topological polar surface area (TPSA) is 52.6 Å². The number of likely N-dealkylation sites (N-methyl/N-ethyl adjacent to an activating group) is 1. The van der Waals surface area contributed by atoms with E-state index in [-0.39, 0.29) is 12.6 Å². The number of anilines is 1. The van der Waals surface area contributed by atoms with Gasteiger partial charge in [0.05, 0.1) is 6.61 Å². The summed E-state index contributed by atoms with van der Waals surface area (Å²) in [5.41, 5.74) is 0.753. The monoisotopic (exact) mass is 244 g/mol. The van der Waals surface area contributed by atoms with Gasteiger partial charge in [0.25, 0.3) is 0 Å². The van der Waals surface area contributed by atoms with Gasteiger partial charge in [0.1, 0.15) is 0 Å². The highest BCUT2D eigenvalue weighted by Gasteiger charge is 2.07. The van der Waals surface area contributed by atoms with E-state index < -0.39 is 0 Å². The average Bonchev–Trinajstić information content (AvgIpc) is 2.39. The molecule has 0 saturated carbocycles. The number of rotatable bonds is 3. The van der Waals surface area contributed by atoms with Gasteiger partial charge in [-0.3, -0.25) is 0 Å². The lowest BCUT2D eigenvalue weighted by molar-refractivity contribution is 0.202. The second-order valence-electron chi connectivity index (χ2n) is 4.14. The largest absolute Gasteiger partial charge is 0.395 e. The molecule has 0 spiro atoms. The maximum Gasteiger partial charge on any atom is 0.321 e. The molecule has 4 heteroatoms. The van der Waals surface area contributed by atoms with Gasteiger partial charge in [-0.15, -0.1) is 0 Å². The zero-order valence-corrected chi connectivity index (χ0v) is 10.3. The van der Waals surface area contributed by atoms with E-state index in [1.54, 1.807) is 7.05 Å². The highest BCUT2D eigenvalue weighted by molar-refractivity contribution is 5.93. The number of nitrogens with zero attached hydrogens (tertiary/aromatic N) is 1. The van der Waals surface area contributed by atoms with Crippen LogP contribution in [0.5, 0.6) is 0 Å². The van der Waals surface area contributed by atoms with Crippen molar-refractivity contribution in [2.45, 2.75) is 0 Å². The Morgan fingerprint density at radius 3 is 2.67 bits per heavy atom. The number of carbonyl (C=O) groups excluding carboxylic acids is 1. The molecule has 2 aromatic rings. The number of hydrogen-bond acceptors (Lipinski definition) is 2. The summed E-state index contributed by atoms with van der Waals surface area (Å²) in [5.74, 6) is 0. The van der Waals surface area contributed by atoms with Crippen LogP contribution < -0.4 is 5.32 Å². The summed E-state index contributed by atoms with van der Waals surface area (Å²) < 4.78 is 0. The van der Waals surface area contributed by atoms with Crippen LogP contribution in [-0.4, -0.2) is 36.2 Å². The van der Waals surface area contributed by atoms with E-state index in [0.717, 1.165) is 16.5 Å². The van der Waals surface area contributed by atoms with Crippen molar-refractivity contribution in [2.24, 2.45) is 0 Å². The zero-order chi connectivity index (χ0) is 13.0. The Kier molecular flexibility index (Phi) is 3.79.